The van der Waals surface area contributed by atoms with Crippen LogP contribution in [0.5, 0.6) is 0 Å². The molecule has 1 aliphatic rings. The molecule has 1 aromatic heterocycles. The second kappa shape index (κ2) is 8.65. The zero-order chi connectivity index (χ0) is 16.8. The van der Waals surface area contributed by atoms with E-state index in [9.17, 15) is 4.79 Å². The maximum absolute atomic E-state index is 12.2. The van der Waals surface area contributed by atoms with E-state index in [4.69, 9.17) is 11.6 Å². The van der Waals surface area contributed by atoms with E-state index in [2.05, 4.69) is 39.2 Å². The molecule has 0 saturated carbocycles. The molecule has 1 fully saturated rings. The minimum absolute atomic E-state index is 0.166. The lowest BCUT2D eigenvalue weighted by molar-refractivity contribution is -0.122. The van der Waals surface area contributed by atoms with Crippen molar-refractivity contribution < 1.29 is 4.79 Å². The highest BCUT2D eigenvalue weighted by molar-refractivity contribution is 7.07. The molecule has 1 saturated heterocycles. The largest absolute Gasteiger partial charge is 0.352 e. The van der Waals surface area contributed by atoms with E-state index in [1.807, 2.05) is 12.1 Å². The minimum atomic E-state index is 0.166. The van der Waals surface area contributed by atoms with Gasteiger partial charge in [0.25, 0.3) is 0 Å². The lowest BCUT2D eigenvalue weighted by Gasteiger charge is -2.33. The fourth-order valence-corrected chi connectivity index (χ4v) is 3.99. The monoisotopic (exact) mass is 362 g/mol. The topological polar surface area (TPSA) is 32.3 Å². The molecule has 1 aromatic carbocycles. The molecule has 1 aliphatic heterocycles. The number of piperidine rings is 1. The van der Waals surface area contributed by atoms with Gasteiger partial charge in [-0.3, -0.25) is 9.69 Å². The molecule has 1 atom stereocenters. The summed E-state index contributed by atoms with van der Waals surface area (Å²) in [7, 11) is 0. The number of amides is 1. The average molecular weight is 363 g/mol. The average Bonchev–Trinajstić information content (AvgIpc) is 3.09. The van der Waals surface area contributed by atoms with Crippen LogP contribution in [0.15, 0.2) is 41.1 Å². The predicted octanol–water partition coefficient (Wildman–Crippen LogP) is 4.11. The molecule has 0 spiro atoms. The maximum Gasteiger partial charge on any atom is 0.220 e. The second-order valence-corrected chi connectivity index (χ2v) is 7.62. The van der Waals surface area contributed by atoms with Gasteiger partial charge in [0.15, 0.2) is 0 Å². The Morgan fingerprint density at radius 3 is 2.83 bits per heavy atom. The fourth-order valence-electron chi connectivity index (χ4n) is 3.16. The molecule has 2 heterocycles. The molecule has 0 radical (unpaired) electrons. The fraction of sp³-hybridized carbons (Fsp3) is 0.421. The normalized spacial score (nSPS) is 18.5. The molecule has 0 unspecified atom stereocenters. The zero-order valence-corrected chi connectivity index (χ0v) is 15.3. The Bertz CT molecular complexity index is 642. The number of nitrogens with one attached hydrogen (secondary N) is 1. The zero-order valence-electron chi connectivity index (χ0n) is 13.7. The molecule has 0 bridgehead atoms. The van der Waals surface area contributed by atoms with E-state index in [0.29, 0.717) is 6.42 Å². The van der Waals surface area contributed by atoms with Gasteiger partial charge < -0.3 is 5.32 Å². The van der Waals surface area contributed by atoms with Crippen molar-refractivity contribution in [3.05, 3.63) is 57.2 Å². The number of nitrogens with zero attached hydrogens (tertiary/aromatic N) is 1. The van der Waals surface area contributed by atoms with Crippen molar-refractivity contribution in [2.75, 3.05) is 13.1 Å². The van der Waals surface area contributed by atoms with E-state index in [0.717, 1.165) is 43.9 Å². The summed E-state index contributed by atoms with van der Waals surface area (Å²) in [5.74, 6) is 0.166. The number of halogens is 1. The van der Waals surface area contributed by atoms with Crippen LogP contribution in [0, 0.1) is 0 Å². The van der Waals surface area contributed by atoms with E-state index in [1.165, 1.54) is 11.1 Å². The number of benzene rings is 1. The van der Waals surface area contributed by atoms with Crippen LogP contribution in [0.2, 0.25) is 5.02 Å². The first-order chi connectivity index (χ1) is 11.7. The Labute approximate surface area is 152 Å². The third-order valence-corrected chi connectivity index (χ3v) is 5.39. The number of thiophene rings is 1. The van der Waals surface area contributed by atoms with Crippen LogP contribution in [0.4, 0.5) is 0 Å². The molecule has 3 rings (SSSR count). The maximum atomic E-state index is 12.2. The Morgan fingerprint density at radius 2 is 2.08 bits per heavy atom. The number of rotatable bonds is 6. The standard InChI is InChI=1S/C19H23ClN2OS/c20-17-6-3-15(4-7-17)12-22-10-1-2-18(13-22)21-19(23)8-5-16-9-11-24-14-16/h3-4,6-7,9,11,14,18H,1-2,5,8,10,12-13H2,(H,21,23)/t18-/m0/s1. The van der Waals surface area contributed by atoms with Gasteiger partial charge in [-0.15, -0.1) is 0 Å². The van der Waals surface area contributed by atoms with Gasteiger partial charge in [-0.05, 0) is 65.9 Å². The van der Waals surface area contributed by atoms with Crippen LogP contribution in [-0.4, -0.2) is 29.9 Å². The molecule has 128 valence electrons. The van der Waals surface area contributed by atoms with Crippen molar-refractivity contribution in [1.29, 1.82) is 0 Å². The number of likely N-dealkylation sites (tertiary alicyclic amines) is 1. The quantitative estimate of drug-likeness (QED) is 0.838. The molecule has 2 aromatic rings. The molecule has 5 heteroatoms. The molecule has 1 amide bonds. The first-order valence-electron chi connectivity index (χ1n) is 8.46. The Kier molecular flexibility index (Phi) is 6.30. The third kappa shape index (κ3) is 5.33. The summed E-state index contributed by atoms with van der Waals surface area (Å²) in [4.78, 5) is 14.6. The number of hydrogen-bond donors (Lipinski definition) is 1. The van der Waals surface area contributed by atoms with Crippen molar-refractivity contribution in [3.63, 3.8) is 0 Å². The molecular formula is C19H23ClN2OS. The van der Waals surface area contributed by atoms with Crippen molar-refractivity contribution in [3.8, 4) is 0 Å². The number of hydrogen-bond acceptors (Lipinski definition) is 3. The van der Waals surface area contributed by atoms with Crippen LogP contribution in [-0.2, 0) is 17.8 Å². The first-order valence-corrected chi connectivity index (χ1v) is 9.78. The van der Waals surface area contributed by atoms with Gasteiger partial charge in [-0.2, -0.15) is 11.3 Å². The van der Waals surface area contributed by atoms with Crippen LogP contribution in [0.25, 0.3) is 0 Å². The SMILES string of the molecule is O=C(CCc1ccsc1)N[C@H]1CCCN(Cc2ccc(Cl)cc2)C1. The summed E-state index contributed by atoms with van der Waals surface area (Å²) >= 11 is 7.62. The lowest BCUT2D eigenvalue weighted by Crippen LogP contribution is -2.47. The van der Waals surface area contributed by atoms with Gasteiger partial charge in [-0.1, -0.05) is 23.7 Å². The highest BCUT2D eigenvalue weighted by Crippen LogP contribution is 2.16. The molecule has 1 N–H and O–H groups in total. The first kappa shape index (κ1) is 17.5. The predicted molar refractivity (Wildman–Crippen MR) is 101 cm³/mol. The van der Waals surface area contributed by atoms with Crippen LogP contribution < -0.4 is 5.32 Å². The van der Waals surface area contributed by atoms with Gasteiger partial charge in [0, 0.05) is 30.6 Å². The summed E-state index contributed by atoms with van der Waals surface area (Å²) in [6, 6.07) is 10.4. The number of carbonyl (C=O) groups excluding carboxylic acids is 1. The van der Waals surface area contributed by atoms with Gasteiger partial charge in [-0.25, -0.2) is 0 Å². The molecular weight excluding hydrogens is 340 g/mol. The van der Waals surface area contributed by atoms with Crippen LogP contribution >= 0.6 is 22.9 Å². The summed E-state index contributed by atoms with van der Waals surface area (Å²) in [6.45, 7) is 2.93. The van der Waals surface area contributed by atoms with Crippen molar-refractivity contribution in [1.82, 2.24) is 10.2 Å². The van der Waals surface area contributed by atoms with Crippen LogP contribution in [0.1, 0.15) is 30.4 Å². The van der Waals surface area contributed by atoms with Gasteiger partial charge in [0.1, 0.15) is 0 Å². The van der Waals surface area contributed by atoms with E-state index in [-0.39, 0.29) is 11.9 Å². The summed E-state index contributed by atoms with van der Waals surface area (Å²) in [5, 5.41) is 8.15. The smallest absolute Gasteiger partial charge is 0.220 e. The van der Waals surface area contributed by atoms with E-state index >= 15 is 0 Å². The Morgan fingerprint density at radius 1 is 1.25 bits per heavy atom. The minimum Gasteiger partial charge on any atom is -0.352 e. The number of carbonyl (C=O) groups is 1. The van der Waals surface area contributed by atoms with Gasteiger partial charge >= 0.3 is 0 Å². The summed E-state index contributed by atoms with van der Waals surface area (Å²) < 4.78 is 0. The number of aryl methyl sites for hydroxylation is 1. The van der Waals surface area contributed by atoms with Crippen LogP contribution in [0.3, 0.4) is 0 Å². The molecule has 24 heavy (non-hydrogen) atoms. The third-order valence-electron chi connectivity index (χ3n) is 4.41. The van der Waals surface area contributed by atoms with E-state index in [1.54, 1.807) is 11.3 Å². The van der Waals surface area contributed by atoms with Gasteiger partial charge in [0.2, 0.25) is 5.91 Å². The molecule has 0 aliphatic carbocycles. The van der Waals surface area contributed by atoms with Gasteiger partial charge in [0.05, 0.1) is 0 Å². The van der Waals surface area contributed by atoms with Crippen molar-refractivity contribution in [2.24, 2.45) is 0 Å². The summed E-state index contributed by atoms with van der Waals surface area (Å²) in [6.07, 6.45) is 3.60. The highest BCUT2D eigenvalue weighted by atomic mass is 35.5. The summed E-state index contributed by atoms with van der Waals surface area (Å²) in [5.41, 5.74) is 2.52. The Hall–Kier alpha value is -1.36. The lowest BCUT2D eigenvalue weighted by atomic mass is 10.0. The molecule has 3 nitrogen and oxygen atoms in total. The highest BCUT2D eigenvalue weighted by Gasteiger charge is 2.21. The van der Waals surface area contributed by atoms with E-state index < -0.39 is 0 Å². The van der Waals surface area contributed by atoms with Crippen molar-refractivity contribution in [2.45, 2.75) is 38.3 Å². The van der Waals surface area contributed by atoms with Crippen molar-refractivity contribution >= 4 is 28.8 Å². The second-order valence-electron chi connectivity index (χ2n) is 6.40. The Balaban J connectivity index is 1.44.